The second-order valence-electron chi connectivity index (χ2n) is 4.96. The van der Waals surface area contributed by atoms with Crippen LogP contribution in [-0.4, -0.2) is 23.8 Å². The monoisotopic (exact) mass is 209 g/mol. The van der Waals surface area contributed by atoms with Gasteiger partial charge in [0.15, 0.2) is 0 Å². The van der Waals surface area contributed by atoms with Gasteiger partial charge in [-0.3, -0.25) is 4.79 Å². The maximum Gasteiger partial charge on any atom is 0.307 e. The minimum absolute atomic E-state index is 0.229. The van der Waals surface area contributed by atoms with Crippen molar-refractivity contribution in [2.24, 2.45) is 5.92 Å². The first-order chi connectivity index (χ1) is 6.97. The highest BCUT2D eigenvalue weighted by atomic mass is 16.6. The van der Waals surface area contributed by atoms with Crippen LogP contribution >= 0.6 is 0 Å². The summed E-state index contributed by atoms with van der Waals surface area (Å²) in [6.07, 6.45) is 1.48. The van der Waals surface area contributed by atoms with Crippen LogP contribution in [0.15, 0.2) is 0 Å². The standard InChI is InChI=1S/C11H15NO3/c1-10(2)7-11(3-4-14-10)8(6-12)5-9(13)15-11/h8H,3-5,7H2,1-2H3/t8-,11+/m0/s1. The molecule has 1 spiro atoms. The van der Waals surface area contributed by atoms with Crippen LogP contribution in [0.25, 0.3) is 0 Å². The highest BCUT2D eigenvalue weighted by Gasteiger charge is 2.54. The Kier molecular flexibility index (Phi) is 2.23. The van der Waals surface area contributed by atoms with E-state index < -0.39 is 5.60 Å². The summed E-state index contributed by atoms with van der Waals surface area (Å²) in [6, 6.07) is 2.19. The average Bonchev–Trinajstić information content (AvgIpc) is 2.39. The summed E-state index contributed by atoms with van der Waals surface area (Å²) >= 11 is 0. The van der Waals surface area contributed by atoms with E-state index in [2.05, 4.69) is 6.07 Å². The Bertz CT molecular complexity index is 331. The third-order valence-corrected chi connectivity index (χ3v) is 3.22. The number of ether oxygens (including phenoxy) is 2. The van der Waals surface area contributed by atoms with Gasteiger partial charge in [-0.1, -0.05) is 0 Å². The maximum absolute atomic E-state index is 11.3. The van der Waals surface area contributed by atoms with Crippen LogP contribution in [0.5, 0.6) is 0 Å². The topological polar surface area (TPSA) is 59.3 Å². The predicted octanol–water partition coefficient (Wildman–Crippen LogP) is 1.40. The molecule has 82 valence electrons. The van der Waals surface area contributed by atoms with Gasteiger partial charge in [0.1, 0.15) is 5.60 Å². The zero-order chi connectivity index (χ0) is 11.1. The zero-order valence-corrected chi connectivity index (χ0v) is 9.08. The molecule has 2 fully saturated rings. The Morgan fingerprint density at radius 1 is 1.53 bits per heavy atom. The molecule has 0 N–H and O–H groups in total. The first kappa shape index (κ1) is 10.4. The molecule has 2 heterocycles. The fourth-order valence-corrected chi connectivity index (χ4v) is 2.60. The number of nitriles is 1. The van der Waals surface area contributed by atoms with Gasteiger partial charge < -0.3 is 9.47 Å². The Balaban J connectivity index is 2.25. The molecule has 2 atom stereocenters. The fraction of sp³-hybridized carbons (Fsp3) is 0.818. The quantitative estimate of drug-likeness (QED) is 0.566. The molecule has 0 radical (unpaired) electrons. The molecule has 0 amide bonds. The molecule has 4 heteroatoms. The van der Waals surface area contributed by atoms with Gasteiger partial charge in [-0.15, -0.1) is 0 Å². The summed E-state index contributed by atoms with van der Waals surface area (Å²) in [4.78, 5) is 11.3. The maximum atomic E-state index is 11.3. The van der Waals surface area contributed by atoms with Crippen LogP contribution in [0.4, 0.5) is 0 Å². The summed E-state index contributed by atoms with van der Waals surface area (Å²) in [7, 11) is 0. The minimum atomic E-state index is -0.590. The van der Waals surface area contributed by atoms with Crippen LogP contribution in [0.2, 0.25) is 0 Å². The third kappa shape index (κ3) is 1.72. The van der Waals surface area contributed by atoms with Crippen LogP contribution in [-0.2, 0) is 14.3 Å². The van der Waals surface area contributed by atoms with Gasteiger partial charge in [0.2, 0.25) is 0 Å². The fourth-order valence-electron chi connectivity index (χ4n) is 2.60. The van der Waals surface area contributed by atoms with E-state index in [1.54, 1.807) is 0 Å². The molecule has 0 aromatic heterocycles. The van der Waals surface area contributed by atoms with E-state index in [0.717, 1.165) is 0 Å². The predicted molar refractivity (Wildman–Crippen MR) is 51.8 cm³/mol. The molecular formula is C11H15NO3. The molecule has 0 aliphatic carbocycles. The summed E-state index contributed by atoms with van der Waals surface area (Å²) < 4.78 is 11.0. The van der Waals surface area contributed by atoms with Gasteiger partial charge in [0.25, 0.3) is 0 Å². The molecule has 2 rings (SSSR count). The van der Waals surface area contributed by atoms with E-state index in [9.17, 15) is 4.79 Å². The zero-order valence-electron chi connectivity index (χ0n) is 9.08. The van der Waals surface area contributed by atoms with Crippen LogP contribution in [0, 0.1) is 17.2 Å². The van der Waals surface area contributed by atoms with Crippen molar-refractivity contribution in [1.29, 1.82) is 5.26 Å². The lowest BCUT2D eigenvalue weighted by Gasteiger charge is -2.42. The Hall–Kier alpha value is -1.08. The van der Waals surface area contributed by atoms with E-state index in [-0.39, 0.29) is 23.9 Å². The first-order valence-electron chi connectivity index (χ1n) is 5.23. The molecule has 0 aromatic carbocycles. The van der Waals surface area contributed by atoms with Gasteiger partial charge in [0.05, 0.1) is 30.6 Å². The number of hydrogen-bond acceptors (Lipinski definition) is 4. The van der Waals surface area contributed by atoms with Gasteiger partial charge in [0, 0.05) is 12.8 Å². The number of rotatable bonds is 0. The molecule has 0 aromatic rings. The van der Waals surface area contributed by atoms with Crippen LogP contribution in [0.1, 0.15) is 33.1 Å². The second-order valence-corrected chi connectivity index (χ2v) is 4.96. The van der Waals surface area contributed by atoms with Gasteiger partial charge in [-0.05, 0) is 13.8 Å². The highest BCUT2D eigenvalue weighted by Crippen LogP contribution is 2.45. The minimum Gasteiger partial charge on any atom is -0.457 e. The van der Waals surface area contributed by atoms with Crippen molar-refractivity contribution >= 4 is 5.97 Å². The number of esters is 1. The highest BCUT2D eigenvalue weighted by molar-refractivity contribution is 5.73. The average molecular weight is 209 g/mol. The van der Waals surface area contributed by atoms with Gasteiger partial charge in [-0.2, -0.15) is 5.26 Å². The molecule has 15 heavy (non-hydrogen) atoms. The largest absolute Gasteiger partial charge is 0.457 e. The van der Waals surface area contributed by atoms with E-state index in [0.29, 0.717) is 19.4 Å². The number of hydrogen-bond donors (Lipinski definition) is 0. The lowest BCUT2D eigenvalue weighted by molar-refractivity contribution is -0.175. The van der Waals surface area contributed by atoms with Crippen molar-refractivity contribution in [1.82, 2.24) is 0 Å². The molecule has 2 aliphatic heterocycles. The van der Waals surface area contributed by atoms with Crippen molar-refractivity contribution in [3.8, 4) is 6.07 Å². The molecule has 2 aliphatic rings. The van der Waals surface area contributed by atoms with Crippen molar-refractivity contribution < 1.29 is 14.3 Å². The van der Waals surface area contributed by atoms with E-state index in [1.807, 2.05) is 13.8 Å². The number of carbonyl (C=O) groups excluding carboxylic acids is 1. The normalized spacial score (nSPS) is 38.7. The second kappa shape index (κ2) is 3.21. The summed E-state index contributed by atoms with van der Waals surface area (Å²) in [5, 5.41) is 9.05. The lowest BCUT2D eigenvalue weighted by Crippen LogP contribution is -2.49. The third-order valence-electron chi connectivity index (χ3n) is 3.22. The van der Waals surface area contributed by atoms with Gasteiger partial charge >= 0.3 is 5.97 Å². The van der Waals surface area contributed by atoms with E-state index in [1.165, 1.54) is 0 Å². The van der Waals surface area contributed by atoms with E-state index >= 15 is 0 Å². The first-order valence-corrected chi connectivity index (χ1v) is 5.23. The summed E-state index contributed by atoms with van der Waals surface area (Å²) in [5.74, 6) is -0.563. The van der Waals surface area contributed by atoms with Crippen LogP contribution < -0.4 is 0 Å². The Labute approximate surface area is 89.2 Å². The summed E-state index contributed by atoms with van der Waals surface area (Å²) in [6.45, 7) is 4.49. The van der Waals surface area contributed by atoms with Crippen molar-refractivity contribution in [2.75, 3.05) is 6.61 Å². The molecule has 4 nitrogen and oxygen atoms in total. The summed E-state index contributed by atoms with van der Waals surface area (Å²) in [5.41, 5.74) is -0.897. The smallest absolute Gasteiger partial charge is 0.307 e. The molecule has 2 saturated heterocycles. The number of carbonyl (C=O) groups is 1. The Morgan fingerprint density at radius 3 is 2.87 bits per heavy atom. The van der Waals surface area contributed by atoms with Crippen molar-refractivity contribution in [2.45, 2.75) is 44.3 Å². The molecule has 0 bridgehead atoms. The number of nitrogens with zero attached hydrogens (tertiary/aromatic N) is 1. The SMILES string of the molecule is CC1(C)C[C@@]2(CCO1)OC(=O)C[C@H]2C#N. The Morgan fingerprint density at radius 2 is 2.27 bits per heavy atom. The van der Waals surface area contributed by atoms with Crippen LogP contribution in [0.3, 0.4) is 0 Å². The van der Waals surface area contributed by atoms with Crippen molar-refractivity contribution in [3.05, 3.63) is 0 Å². The molecule has 0 unspecified atom stereocenters. The lowest BCUT2D eigenvalue weighted by atomic mass is 9.76. The van der Waals surface area contributed by atoms with E-state index in [4.69, 9.17) is 14.7 Å². The molecule has 0 saturated carbocycles. The van der Waals surface area contributed by atoms with Crippen molar-refractivity contribution in [3.63, 3.8) is 0 Å². The van der Waals surface area contributed by atoms with Gasteiger partial charge in [-0.25, -0.2) is 0 Å². The molecular weight excluding hydrogens is 194 g/mol.